The van der Waals surface area contributed by atoms with Crippen molar-refractivity contribution in [3.05, 3.63) is 46.5 Å². The van der Waals surface area contributed by atoms with Gasteiger partial charge in [-0.25, -0.2) is 9.97 Å². The van der Waals surface area contributed by atoms with Crippen molar-refractivity contribution >= 4 is 5.82 Å². The van der Waals surface area contributed by atoms with Gasteiger partial charge in [-0.1, -0.05) is 6.42 Å². The molecule has 2 aromatic rings. The van der Waals surface area contributed by atoms with Gasteiger partial charge in [0.05, 0.1) is 11.9 Å². The lowest BCUT2D eigenvalue weighted by atomic mass is 9.83. The fraction of sp³-hybridized carbons (Fsp3) is 0.600. The number of hydrogen-bond acceptors (Lipinski definition) is 6. The van der Waals surface area contributed by atoms with E-state index in [9.17, 15) is 4.79 Å². The van der Waals surface area contributed by atoms with Crippen LogP contribution in [-0.4, -0.2) is 50.6 Å². The second-order valence-corrected chi connectivity index (χ2v) is 8.34. The smallest absolute Gasteiger partial charge is 0.268 e. The molecular formula is C20H26N6O. The molecule has 2 atom stereocenters. The summed E-state index contributed by atoms with van der Waals surface area (Å²) in [7, 11) is 1.83. The Bertz CT molecular complexity index is 878. The first-order chi connectivity index (χ1) is 13.2. The lowest BCUT2D eigenvalue weighted by Crippen LogP contribution is -2.31. The second kappa shape index (κ2) is 6.71. The summed E-state index contributed by atoms with van der Waals surface area (Å²) >= 11 is 0. The molecule has 2 saturated heterocycles. The molecule has 7 heteroatoms. The van der Waals surface area contributed by atoms with E-state index < -0.39 is 0 Å². The predicted octanol–water partition coefficient (Wildman–Crippen LogP) is 1.41. The Balaban J connectivity index is 1.23. The van der Waals surface area contributed by atoms with Gasteiger partial charge in [0.1, 0.15) is 12.1 Å². The van der Waals surface area contributed by atoms with Crippen LogP contribution in [0.3, 0.4) is 0 Å². The molecule has 5 rings (SSSR count). The van der Waals surface area contributed by atoms with Crippen LogP contribution in [0.5, 0.6) is 0 Å². The molecule has 0 spiro atoms. The van der Waals surface area contributed by atoms with E-state index >= 15 is 0 Å². The first-order valence-electron chi connectivity index (χ1n) is 9.96. The number of fused-ring (bicyclic) bond motifs is 1. The maximum atomic E-state index is 11.8. The molecule has 0 amide bonds. The van der Waals surface area contributed by atoms with Crippen molar-refractivity contribution in [3.8, 4) is 0 Å². The van der Waals surface area contributed by atoms with Crippen LogP contribution in [-0.2, 0) is 13.6 Å². The number of rotatable bonds is 4. The number of likely N-dealkylation sites (tertiary alicyclic amines) is 1. The van der Waals surface area contributed by atoms with Crippen molar-refractivity contribution in [1.82, 2.24) is 24.4 Å². The van der Waals surface area contributed by atoms with Gasteiger partial charge in [0.15, 0.2) is 0 Å². The van der Waals surface area contributed by atoms with Gasteiger partial charge in [0, 0.05) is 63.6 Å². The third kappa shape index (κ3) is 3.14. The number of nitrogens with zero attached hydrogens (tertiary/aromatic N) is 6. The highest BCUT2D eigenvalue weighted by Crippen LogP contribution is 2.38. The molecule has 2 aliphatic heterocycles. The van der Waals surface area contributed by atoms with Crippen molar-refractivity contribution in [3.63, 3.8) is 0 Å². The van der Waals surface area contributed by atoms with E-state index in [1.807, 2.05) is 13.2 Å². The molecule has 7 nitrogen and oxygen atoms in total. The molecule has 1 saturated carbocycles. The summed E-state index contributed by atoms with van der Waals surface area (Å²) in [6, 6.07) is 2.22. The van der Waals surface area contributed by atoms with E-state index in [1.54, 1.807) is 10.9 Å². The molecule has 0 radical (unpaired) electrons. The number of anilines is 1. The Kier molecular flexibility index (Phi) is 4.19. The second-order valence-electron chi connectivity index (χ2n) is 8.34. The lowest BCUT2D eigenvalue weighted by molar-refractivity contribution is 0.299. The van der Waals surface area contributed by atoms with Gasteiger partial charge in [0.2, 0.25) is 0 Å². The highest BCUT2D eigenvalue weighted by atomic mass is 16.1. The standard InChI is InChI=1S/C20H26N6O/c1-24-17(6-21-7-20(24)27)12-25-8-15-10-26(11-16(15)9-25)19-5-18(22-13-23-19)14-3-2-4-14/h5-7,13-16H,2-4,8-12H2,1H3. The molecular weight excluding hydrogens is 340 g/mol. The van der Waals surface area contributed by atoms with Crippen molar-refractivity contribution in [2.45, 2.75) is 31.7 Å². The molecule has 142 valence electrons. The zero-order valence-electron chi connectivity index (χ0n) is 15.8. The Morgan fingerprint density at radius 1 is 1.07 bits per heavy atom. The summed E-state index contributed by atoms with van der Waals surface area (Å²) in [6.45, 7) is 5.07. The third-order valence-electron chi connectivity index (χ3n) is 6.64. The minimum atomic E-state index is -0.0379. The lowest BCUT2D eigenvalue weighted by Gasteiger charge is -2.26. The molecule has 3 fully saturated rings. The van der Waals surface area contributed by atoms with Gasteiger partial charge in [0.25, 0.3) is 5.56 Å². The van der Waals surface area contributed by atoms with Gasteiger partial charge < -0.3 is 9.47 Å². The van der Waals surface area contributed by atoms with E-state index in [0.29, 0.717) is 17.8 Å². The third-order valence-corrected chi connectivity index (χ3v) is 6.64. The fourth-order valence-electron chi connectivity index (χ4n) is 4.75. The molecule has 27 heavy (non-hydrogen) atoms. The van der Waals surface area contributed by atoms with Crippen LogP contribution in [0, 0.1) is 11.8 Å². The minimum absolute atomic E-state index is 0.0379. The highest BCUT2D eigenvalue weighted by Gasteiger charge is 2.40. The van der Waals surface area contributed by atoms with Crippen LogP contribution in [0.15, 0.2) is 29.6 Å². The summed E-state index contributed by atoms with van der Waals surface area (Å²) in [4.78, 5) is 29.8. The van der Waals surface area contributed by atoms with Gasteiger partial charge >= 0.3 is 0 Å². The van der Waals surface area contributed by atoms with Crippen LogP contribution >= 0.6 is 0 Å². The number of hydrogen-bond donors (Lipinski definition) is 0. The average molecular weight is 366 g/mol. The summed E-state index contributed by atoms with van der Waals surface area (Å²) in [5.74, 6) is 3.08. The van der Waals surface area contributed by atoms with E-state index in [1.165, 1.54) is 31.2 Å². The first-order valence-corrected chi connectivity index (χ1v) is 9.96. The Morgan fingerprint density at radius 3 is 2.56 bits per heavy atom. The van der Waals surface area contributed by atoms with Crippen LogP contribution in [0.25, 0.3) is 0 Å². The van der Waals surface area contributed by atoms with Crippen molar-refractivity contribution in [1.29, 1.82) is 0 Å². The minimum Gasteiger partial charge on any atom is -0.356 e. The molecule has 3 aliphatic rings. The van der Waals surface area contributed by atoms with Crippen molar-refractivity contribution in [2.24, 2.45) is 18.9 Å². The van der Waals surface area contributed by atoms with Gasteiger partial charge in [-0.2, -0.15) is 0 Å². The maximum Gasteiger partial charge on any atom is 0.268 e. The molecule has 0 bridgehead atoms. The van der Waals surface area contributed by atoms with Crippen LogP contribution in [0.2, 0.25) is 0 Å². The summed E-state index contributed by atoms with van der Waals surface area (Å²) in [6.07, 6.45) is 8.80. The number of aromatic nitrogens is 4. The van der Waals surface area contributed by atoms with Crippen LogP contribution in [0.4, 0.5) is 5.82 Å². The summed E-state index contributed by atoms with van der Waals surface area (Å²) in [5.41, 5.74) is 2.17. The average Bonchev–Trinajstić information content (AvgIpc) is 3.16. The van der Waals surface area contributed by atoms with E-state index in [0.717, 1.165) is 44.2 Å². The molecule has 0 aromatic carbocycles. The fourth-order valence-corrected chi connectivity index (χ4v) is 4.75. The maximum absolute atomic E-state index is 11.8. The van der Waals surface area contributed by atoms with Crippen LogP contribution in [0.1, 0.15) is 36.6 Å². The normalized spacial score (nSPS) is 25.6. The van der Waals surface area contributed by atoms with E-state index in [2.05, 4.69) is 30.8 Å². The Morgan fingerprint density at radius 2 is 1.85 bits per heavy atom. The van der Waals surface area contributed by atoms with E-state index in [4.69, 9.17) is 0 Å². The molecule has 2 aromatic heterocycles. The van der Waals surface area contributed by atoms with Gasteiger partial charge in [-0.3, -0.25) is 14.7 Å². The molecule has 2 unspecified atom stereocenters. The zero-order chi connectivity index (χ0) is 18.4. The molecule has 1 aliphatic carbocycles. The Labute approximate surface area is 159 Å². The van der Waals surface area contributed by atoms with Gasteiger partial charge in [-0.05, 0) is 24.7 Å². The first kappa shape index (κ1) is 16.9. The van der Waals surface area contributed by atoms with Gasteiger partial charge in [-0.15, -0.1) is 0 Å². The summed E-state index contributed by atoms with van der Waals surface area (Å²) < 4.78 is 1.70. The van der Waals surface area contributed by atoms with Crippen LogP contribution < -0.4 is 10.5 Å². The van der Waals surface area contributed by atoms with Crippen molar-refractivity contribution < 1.29 is 0 Å². The largest absolute Gasteiger partial charge is 0.356 e. The molecule has 0 N–H and O–H groups in total. The van der Waals surface area contributed by atoms with E-state index in [-0.39, 0.29) is 5.56 Å². The monoisotopic (exact) mass is 366 g/mol. The quantitative estimate of drug-likeness (QED) is 0.815. The SMILES string of the molecule is Cn1c(CN2CC3CN(c4cc(C5CCC5)ncn4)CC3C2)cncc1=O. The Hall–Kier alpha value is -2.28. The molecule has 4 heterocycles. The zero-order valence-corrected chi connectivity index (χ0v) is 15.8. The highest BCUT2D eigenvalue weighted by molar-refractivity contribution is 5.42. The predicted molar refractivity (Wildman–Crippen MR) is 103 cm³/mol. The summed E-state index contributed by atoms with van der Waals surface area (Å²) in [5, 5.41) is 0. The topological polar surface area (TPSA) is 67.2 Å². The van der Waals surface area contributed by atoms with Crippen molar-refractivity contribution in [2.75, 3.05) is 31.1 Å².